The Kier molecular flexibility index (Phi) is 17.0. The molecule has 4 nitrogen and oxygen atoms in total. The lowest BCUT2D eigenvalue weighted by molar-refractivity contribution is -0.137. The predicted octanol–water partition coefficient (Wildman–Crippen LogP) is 8.99. The summed E-state index contributed by atoms with van der Waals surface area (Å²) in [6, 6.07) is 0. The van der Waals surface area contributed by atoms with Crippen molar-refractivity contribution >= 4 is 5.97 Å². The van der Waals surface area contributed by atoms with Crippen molar-refractivity contribution in [3.8, 4) is 0 Å². The third-order valence-corrected chi connectivity index (χ3v) is 8.05. The van der Waals surface area contributed by atoms with Gasteiger partial charge in [-0.25, -0.2) is 0 Å². The van der Waals surface area contributed by atoms with Gasteiger partial charge in [0.05, 0.1) is 24.4 Å². The van der Waals surface area contributed by atoms with Gasteiger partial charge >= 0.3 is 5.97 Å². The molecule has 0 saturated heterocycles. The van der Waals surface area contributed by atoms with Crippen molar-refractivity contribution in [2.24, 2.45) is 0 Å². The first-order valence-electron chi connectivity index (χ1n) is 15.2. The first-order valence-corrected chi connectivity index (χ1v) is 15.2. The second-order valence-electron chi connectivity index (χ2n) is 11.1. The van der Waals surface area contributed by atoms with Gasteiger partial charge in [-0.05, 0) is 64.2 Å². The van der Waals surface area contributed by atoms with E-state index in [9.17, 15) is 4.79 Å². The highest BCUT2D eigenvalue weighted by atomic mass is 16.5. The number of unbranched alkanes of at least 4 members (excludes halogenated alkanes) is 3. The molecular weight excluding hydrogens is 424 g/mol. The quantitative estimate of drug-likeness (QED) is 0.224. The van der Waals surface area contributed by atoms with Crippen molar-refractivity contribution in [2.75, 3.05) is 0 Å². The molecule has 200 valence electrons. The van der Waals surface area contributed by atoms with Crippen LogP contribution in [-0.4, -0.2) is 35.5 Å². The zero-order valence-electron chi connectivity index (χ0n) is 22.5. The fourth-order valence-corrected chi connectivity index (χ4v) is 5.88. The monoisotopic (exact) mass is 480 g/mol. The van der Waals surface area contributed by atoms with E-state index in [1.54, 1.807) is 0 Å². The van der Waals surface area contributed by atoms with Gasteiger partial charge < -0.3 is 14.6 Å². The molecule has 4 heteroatoms. The number of rotatable bonds is 16. The third-order valence-electron chi connectivity index (χ3n) is 8.05. The Bertz CT molecular complexity index is 478. The van der Waals surface area contributed by atoms with Gasteiger partial charge in [0.25, 0.3) is 0 Å². The van der Waals surface area contributed by atoms with Crippen molar-refractivity contribution < 1.29 is 19.4 Å². The van der Waals surface area contributed by atoms with Gasteiger partial charge in [-0.1, -0.05) is 90.4 Å². The van der Waals surface area contributed by atoms with Crippen LogP contribution >= 0.6 is 0 Å². The summed E-state index contributed by atoms with van der Waals surface area (Å²) in [5.41, 5.74) is 0. The summed E-state index contributed by atoms with van der Waals surface area (Å²) in [6.07, 6.45) is 30.5. The zero-order valence-corrected chi connectivity index (χ0v) is 22.5. The second kappa shape index (κ2) is 19.6. The SMILES string of the molecule is CC[C@H](CCCC(CCCCCCC(=O)O)OC1CCCCCCC1)OC1CCCCCCC1. The van der Waals surface area contributed by atoms with Crippen LogP contribution in [0, 0.1) is 0 Å². The van der Waals surface area contributed by atoms with Gasteiger partial charge in [-0.3, -0.25) is 4.79 Å². The minimum atomic E-state index is -0.669. The molecule has 2 rings (SSSR count). The van der Waals surface area contributed by atoms with Crippen LogP contribution in [0.2, 0.25) is 0 Å². The lowest BCUT2D eigenvalue weighted by Gasteiger charge is -2.28. The maximum Gasteiger partial charge on any atom is 0.303 e. The fourth-order valence-electron chi connectivity index (χ4n) is 5.88. The maximum atomic E-state index is 10.7. The Labute approximate surface area is 210 Å². The van der Waals surface area contributed by atoms with Crippen LogP contribution in [0.4, 0.5) is 0 Å². The molecule has 34 heavy (non-hydrogen) atoms. The lowest BCUT2D eigenvalue weighted by Crippen LogP contribution is -2.25. The molecular formula is C30H56O4. The number of carboxylic acid groups (broad SMARTS) is 1. The Hall–Kier alpha value is -0.610. The maximum absolute atomic E-state index is 10.7. The van der Waals surface area contributed by atoms with Crippen molar-refractivity contribution in [1.29, 1.82) is 0 Å². The van der Waals surface area contributed by atoms with Crippen LogP contribution in [0.15, 0.2) is 0 Å². The van der Waals surface area contributed by atoms with Gasteiger partial charge in [0, 0.05) is 6.42 Å². The van der Waals surface area contributed by atoms with Crippen molar-refractivity contribution in [3.63, 3.8) is 0 Å². The summed E-state index contributed by atoms with van der Waals surface area (Å²) < 4.78 is 13.3. The van der Waals surface area contributed by atoms with E-state index in [1.807, 2.05) is 0 Å². The summed E-state index contributed by atoms with van der Waals surface area (Å²) in [7, 11) is 0. The van der Waals surface area contributed by atoms with E-state index in [1.165, 1.54) is 96.3 Å². The average Bonchev–Trinajstić information content (AvgIpc) is 2.77. The minimum absolute atomic E-state index is 0.307. The highest BCUT2D eigenvalue weighted by molar-refractivity contribution is 5.66. The summed E-state index contributed by atoms with van der Waals surface area (Å²) in [5.74, 6) is -0.669. The molecule has 0 spiro atoms. The number of aliphatic carboxylic acids is 1. The highest BCUT2D eigenvalue weighted by Crippen LogP contribution is 2.26. The molecule has 0 amide bonds. The number of carbonyl (C=O) groups is 1. The molecule has 2 aliphatic rings. The molecule has 1 N–H and O–H groups in total. The van der Waals surface area contributed by atoms with Crippen molar-refractivity contribution in [2.45, 2.75) is 185 Å². The molecule has 0 heterocycles. The van der Waals surface area contributed by atoms with E-state index in [0.717, 1.165) is 51.4 Å². The first kappa shape index (κ1) is 29.6. The second-order valence-corrected chi connectivity index (χ2v) is 11.1. The van der Waals surface area contributed by atoms with Crippen molar-refractivity contribution in [3.05, 3.63) is 0 Å². The van der Waals surface area contributed by atoms with Gasteiger partial charge in [0.15, 0.2) is 0 Å². The van der Waals surface area contributed by atoms with Crippen LogP contribution < -0.4 is 0 Å². The third kappa shape index (κ3) is 14.7. The van der Waals surface area contributed by atoms with E-state index < -0.39 is 5.97 Å². The van der Waals surface area contributed by atoms with E-state index in [-0.39, 0.29) is 0 Å². The Morgan fingerprint density at radius 1 is 0.647 bits per heavy atom. The van der Waals surface area contributed by atoms with E-state index in [4.69, 9.17) is 14.6 Å². The predicted molar refractivity (Wildman–Crippen MR) is 141 cm³/mol. The molecule has 2 aliphatic carbocycles. The fraction of sp³-hybridized carbons (Fsp3) is 0.967. The Morgan fingerprint density at radius 2 is 1.09 bits per heavy atom. The van der Waals surface area contributed by atoms with Crippen LogP contribution in [0.5, 0.6) is 0 Å². The average molecular weight is 481 g/mol. The molecule has 0 aromatic heterocycles. The van der Waals surface area contributed by atoms with Gasteiger partial charge in [-0.15, -0.1) is 0 Å². The summed E-state index contributed by atoms with van der Waals surface area (Å²) in [6.45, 7) is 2.28. The number of hydrogen-bond donors (Lipinski definition) is 1. The largest absolute Gasteiger partial charge is 0.481 e. The molecule has 2 saturated carbocycles. The van der Waals surface area contributed by atoms with Gasteiger partial charge in [0.2, 0.25) is 0 Å². The highest BCUT2D eigenvalue weighted by Gasteiger charge is 2.20. The van der Waals surface area contributed by atoms with Crippen LogP contribution in [0.25, 0.3) is 0 Å². The molecule has 0 aliphatic heterocycles. The van der Waals surface area contributed by atoms with E-state index in [2.05, 4.69) is 6.92 Å². The van der Waals surface area contributed by atoms with E-state index in [0.29, 0.717) is 30.8 Å². The van der Waals surface area contributed by atoms with Crippen LogP contribution in [0.3, 0.4) is 0 Å². The molecule has 1 unspecified atom stereocenters. The summed E-state index contributed by atoms with van der Waals surface area (Å²) in [5, 5.41) is 8.85. The normalized spacial score (nSPS) is 21.2. The number of carboxylic acids is 1. The lowest BCUT2D eigenvalue weighted by atomic mass is 9.97. The topological polar surface area (TPSA) is 55.8 Å². The molecule has 0 aromatic rings. The van der Waals surface area contributed by atoms with Gasteiger partial charge in [0.1, 0.15) is 0 Å². The molecule has 2 atom stereocenters. The first-order chi connectivity index (χ1) is 16.7. The Morgan fingerprint density at radius 3 is 1.62 bits per heavy atom. The van der Waals surface area contributed by atoms with Crippen LogP contribution in [-0.2, 0) is 14.3 Å². The summed E-state index contributed by atoms with van der Waals surface area (Å²) in [4.78, 5) is 10.7. The smallest absolute Gasteiger partial charge is 0.303 e. The van der Waals surface area contributed by atoms with Crippen molar-refractivity contribution in [1.82, 2.24) is 0 Å². The zero-order chi connectivity index (χ0) is 24.3. The number of ether oxygens (including phenoxy) is 2. The summed E-state index contributed by atoms with van der Waals surface area (Å²) >= 11 is 0. The molecule has 0 aromatic carbocycles. The molecule has 2 fully saturated rings. The van der Waals surface area contributed by atoms with Gasteiger partial charge in [-0.2, -0.15) is 0 Å². The molecule has 0 radical (unpaired) electrons. The minimum Gasteiger partial charge on any atom is -0.481 e. The Balaban J connectivity index is 1.75. The molecule has 0 bridgehead atoms. The number of hydrogen-bond acceptors (Lipinski definition) is 3. The standard InChI is InChI=1S/C30H56O4/c1-2-26(33-27-18-11-5-3-6-12-19-27)23-17-24-29(22-15-9-10-16-25-30(31)32)34-28-20-13-7-4-8-14-21-28/h26-29H,2-25H2,1H3,(H,31,32)/t26-,29?/m1/s1. The van der Waals surface area contributed by atoms with Crippen LogP contribution in [0.1, 0.15) is 161 Å². The van der Waals surface area contributed by atoms with E-state index >= 15 is 0 Å².